The number of benzene rings is 3. The van der Waals surface area contributed by atoms with Gasteiger partial charge in [-0.2, -0.15) is 18.2 Å². The van der Waals surface area contributed by atoms with Gasteiger partial charge in [0.1, 0.15) is 12.3 Å². The van der Waals surface area contributed by atoms with Crippen LogP contribution in [-0.2, 0) is 36.1 Å². The summed E-state index contributed by atoms with van der Waals surface area (Å²) in [6, 6.07) is 11.7. The van der Waals surface area contributed by atoms with Gasteiger partial charge in [0.25, 0.3) is 5.56 Å². The summed E-state index contributed by atoms with van der Waals surface area (Å²) in [6.07, 6.45) is -4.02. The van der Waals surface area contributed by atoms with Crippen molar-refractivity contribution in [3.8, 4) is 11.1 Å². The van der Waals surface area contributed by atoms with E-state index in [9.17, 15) is 29.2 Å². The highest BCUT2D eigenvalue weighted by atomic mass is 32.2. The van der Waals surface area contributed by atoms with Gasteiger partial charge in [0.15, 0.2) is 5.16 Å². The Labute approximate surface area is 298 Å². The molecule has 4 aromatic rings. The van der Waals surface area contributed by atoms with Gasteiger partial charge in [0.05, 0.1) is 18.4 Å². The molecule has 0 spiro atoms. The number of thioether (sulfide) groups is 1. The van der Waals surface area contributed by atoms with Crippen molar-refractivity contribution in [3.63, 3.8) is 0 Å². The highest BCUT2D eigenvalue weighted by molar-refractivity contribution is 7.98. The molecule has 1 unspecified atom stereocenters. The molecule has 1 aromatic heterocycles. The predicted octanol–water partition coefficient (Wildman–Crippen LogP) is 7.78. The molecule has 0 bridgehead atoms. The Kier molecular flexibility index (Phi) is 7.56. The van der Waals surface area contributed by atoms with E-state index in [1.54, 1.807) is 0 Å². The summed E-state index contributed by atoms with van der Waals surface area (Å²) < 4.78 is 152. The summed E-state index contributed by atoms with van der Waals surface area (Å²) in [5.74, 6) is -2.41. The summed E-state index contributed by atoms with van der Waals surface area (Å²) >= 11 is 0.807. The van der Waals surface area contributed by atoms with E-state index in [0.29, 0.717) is 23.1 Å². The lowest BCUT2D eigenvalue weighted by Crippen LogP contribution is -2.42. The molecule has 254 valence electrons. The standard InChI is InChI=1S/C37H40F4N4O2S/c1-4-43(5-2)21-22-44(25(3)27-11-13-28(14-12-27)29-15-17-30(18-16-29)37(39,40)41)34(46)23-45-33-8-6-7-32(33)35(47)42-36(45)48-24-26-9-19-31(38)20-10-26/h9-20,25H,4-8,21-24H2,1-3H3/i4D2,5D2,21D2,22D2,23D2,25D. The summed E-state index contributed by atoms with van der Waals surface area (Å²) in [4.78, 5) is 32.2. The second-order valence-corrected chi connectivity index (χ2v) is 11.7. The van der Waals surface area contributed by atoms with Gasteiger partial charge in [-0.15, -0.1) is 0 Å². The van der Waals surface area contributed by atoms with E-state index >= 15 is 4.79 Å². The zero-order valence-electron chi connectivity index (χ0n) is 37.3. The molecule has 1 atom stereocenters. The Morgan fingerprint density at radius 3 is 2.21 bits per heavy atom. The van der Waals surface area contributed by atoms with Crippen LogP contribution in [0.3, 0.4) is 0 Å². The van der Waals surface area contributed by atoms with Crippen LogP contribution in [0.25, 0.3) is 11.1 Å². The van der Waals surface area contributed by atoms with Gasteiger partial charge in [-0.1, -0.05) is 74.1 Å². The molecule has 0 saturated carbocycles. The second-order valence-electron chi connectivity index (χ2n) is 10.7. The molecule has 1 heterocycles. The maximum Gasteiger partial charge on any atom is 0.416 e. The number of likely N-dealkylation sites (N-methyl/N-ethyl adjacent to an activating group) is 1. The van der Waals surface area contributed by atoms with Gasteiger partial charge in [-0.25, -0.2) is 4.39 Å². The average Bonchev–Trinajstić information content (AvgIpc) is 3.60. The molecule has 48 heavy (non-hydrogen) atoms. The number of hydrogen-bond acceptors (Lipinski definition) is 5. The monoisotopic (exact) mass is 691 g/mol. The Bertz CT molecular complexity index is 2230. The Hall–Kier alpha value is -3.96. The average molecular weight is 692 g/mol. The Balaban J connectivity index is 1.70. The zero-order valence-corrected chi connectivity index (χ0v) is 27.1. The molecule has 0 N–H and O–H groups in total. The van der Waals surface area contributed by atoms with Crippen LogP contribution in [0.15, 0.2) is 82.7 Å². The lowest BCUT2D eigenvalue weighted by atomic mass is 9.99. The largest absolute Gasteiger partial charge is 0.416 e. The van der Waals surface area contributed by atoms with E-state index in [-0.39, 0.29) is 50.4 Å². The number of rotatable bonds is 13. The first-order valence-electron chi connectivity index (χ1n) is 20.4. The topological polar surface area (TPSA) is 58.4 Å². The van der Waals surface area contributed by atoms with Crippen LogP contribution >= 0.6 is 11.8 Å². The zero-order chi connectivity index (χ0) is 44.3. The molecule has 0 fully saturated rings. The van der Waals surface area contributed by atoms with Gasteiger partial charge < -0.3 is 14.4 Å². The van der Waals surface area contributed by atoms with Gasteiger partial charge in [-0.05, 0) is 85.7 Å². The minimum atomic E-state index is -4.60. The highest BCUT2D eigenvalue weighted by Crippen LogP contribution is 2.32. The summed E-state index contributed by atoms with van der Waals surface area (Å²) in [6.45, 7) is -14.7. The fourth-order valence-corrected chi connectivity index (χ4v) is 6.03. The Morgan fingerprint density at radius 1 is 0.979 bits per heavy atom. The third kappa shape index (κ3) is 8.36. The number of aromatic nitrogens is 2. The second kappa shape index (κ2) is 15.5. The van der Waals surface area contributed by atoms with Crippen molar-refractivity contribution in [3.05, 3.63) is 117 Å². The number of nitrogens with zero attached hydrogens (tertiary/aromatic N) is 4. The molecule has 0 saturated heterocycles. The lowest BCUT2D eigenvalue weighted by Gasteiger charge is -2.33. The first kappa shape index (κ1) is 23.4. The number of hydrogen-bond donors (Lipinski definition) is 0. The van der Waals surface area contributed by atoms with Crippen molar-refractivity contribution in [2.75, 3.05) is 26.0 Å². The lowest BCUT2D eigenvalue weighted by molar-refractivity contribution is -0.137. The van der Waals surface area contributed by atoms with Crippen LogP contribution in [0.2, 0.25) is 0 Å². The minimum Gasteiger partial charge on any atom is -0.333 e. The van der Waals surface area contributed by atoms with Crippen molar-refractivity contribution in [2.45, 2.75) is 69.6 Å². The number of carbonyl (C=O) groups excluding carboxylic acids is 1. The molecular formula is C37H40F4N4O2S. The number of carbonyl (C=O) groups is 1. The van der Waals surface area contributed by atoms with Crippen LogP contribution in [0.5, 0.6) is 0 Å². The third-order valence-electron chi connectivity index (χ3n) is 7.70. The predicted molar refractivity (Wildman–Crippen MR) is 181 cm³/mol. The number of amides is 1. The van der Waals surface area contributed by atoms with E-state index in [1.807, 2.05) is 0 Å². The molecule has 1 amide bonds. The van der Waals surface area contributed by atoms with Gasteiger partial charge >= 0.3 is 6.18 Å². The van der Waals surface area contributed by atoms with Crippen LogP contribution in [-0.4, -0.2) is 51.2 Å². The van der Waals surface area contributed by atoms with E-state index in [4.69, 9.17) is 8.22 Å². The molecule has 1 aliphatic rings. The quantitative estimate of drug-likeness (QED) is 0.0815. The van der Waals surface area contributed by atoms with Crippen LogP contribution in [0.4, 0.5) is 17.6 Å². The third-order valence-corrected chi connectivity index (χ3v) is 8.71. The maximum atomic E-state index is 15.1. The molecule has 0 radical (unpaired) electrons. The fraction of sp³-hybridized carbons (Fsp3) is 0.378. The van der Waals surface area contributed by atoms with Crippen molar-refractivity contribution >= 4 is 17.7 Å². The molecule has 5 rings (SSSR count). The summed E-state index contributed by atoms with van der Waals surface area (Å²) in [5, 5.41) is -0.342. The molecule has 11 heteroatoms. The first-order valence-corrected chi connectivity index (χ1v) is 15.9. The van der Waals surface area contributed by atoms with E-state index in [1.165, 1.54) is 60.7 Å². The summed E-state index contributed by atoms with van der Waals surface area (Å²) in [7, 11) is 0. The van der Waals surface area contributed by atoms with Crippen molar-refractivity contribution in [1.82, 2.24) is 19.4 Å². The number of halogens is 4. The van der Waals surface area contributed by atoms with Crippen LogP contribution in [0, 0.1) is 5.82 Å². The summed E-state index contributed by atoms with van der Waals surface area (Å²) in [5.41, 5.74) is -0.581. The molecular weight excluding hydrogens is 640 g/mol. The van der Waals surface area contributed by atoms with E-state index in [0.717, 1.165) is 49.2 Å². The molecule has 6 nitrogen and oxygen atoms in total. The number of fused-ring (bicyclic) bond motifs is 1. The van der Waals surface area contributed by atoms with E-state index in [2.05, 4.69) is 4.98 Å². The van der Waals surface area contributed by atoms with Crippen molar-refractivity contribution in [1.29, 1.82) is 0 Å². The number of alkyl halides is 3. The van der Waals surface area contributed by atoms with Gasteiger partial charge in [0.2, 0.25) is 5.91 Å². The molecule has 1 aliphatic carbocycles. The maximum absolute atomic E-state index is 15.1. The first-order chi connectivity index (χ1) is 26.9. The smallest absolute Gasteiger partial charge is 0.333 e. The molecule has 3 aromatic carbocycles. The normalized spacial score (nSPS) is 19.0. The van der Waals surface area contributed by atoms with Gasteiger partial charge in [-0.3, -0.25) is 9.59 Å². The molecule has 0 aliphatic heterocycles. The van der Waals surface area contributed by atoms with Crippen molar-refractivity contribution < 1.29 is 37.4 Å². The van der Waals surface area contributed by atoms with Crippen LogP contribution in [0.1, 0.15) is 76.2 Å². The Morgan fingerprint density at radius 2 is 1.60 bits per heavy atom. The van der Waals surface area contributed by atoms with Crippen LogP contribution < -0.4 is 5.56 Å². The highest BCUT2D eigenvalue weighted by Gasteiger charge is 2.30. The van der Waals surface area contributed by atoms with Gasteiger partial charge in [0, 0.05) is 38.2 Å². The SMILES string of the molecule is [2H]C([2H])(C)N(C([2H])([2H])C)C([2H])([2H])C([2H])([2H])N(C(=O)C([2H])([2H])n1c(SCc2ccc(F)cc2)nc(=O)c2c1CCC2)C([2H])(C)c1ccc(-c2ccc(C(F)(F)F)cc2)cc1. The fourth-order valence-electron chi connectivity index (χ4n) is 5.11. The van der Waals surface area contributed by atoms with E-state index < -0.39 is 67.5 Å². The minimum absolute atomic E-state index is 0.00354. The van der Waals surface area contributed by atoms with Crippen molar-refractivity contribution in [2.24, 2.45) is 0 Å².